The maximum atomic E-state index is 13.7. The fourth-order valence-corrected chi connectivity index (χ4v) is 5.44. The number of fused-ring (bicyclic) bond motifs is 1. The molecule has 0 spiro atoms. The van der Waals surface area contributed by atoms with Gasteiger partial charge in [0.15, 0.2) is 0 Å². The van der Waals surface area contributed by atoms with Crippen LogP contribution in [0.5, 0.6) is 0 Å². The summed E-state index contributed by atoms with van der Waals surface area (Å²) >= 11 is 0. The highest BCUT2D eigenvalue weighted by Crippen LogP contribution is 2.43. The maximum Gasteiger partial charge on any atom is 0.565 e. The Bertz CT molecular complexity index is 644. The molecule has 0 N–H and O–H groups in total. The van der Waals surface area contributed by atoms with Crippen LogP contribution in [0.15, 0.2) is 29.8 Å². The minimum atomic E-state index is -1.91. The van der Waals surface area contributed by atoms with Crippen molar-refractivity contribution in [1.29, 1.82) is 0 Å². The Kier molecular flexibility index (Phi) is 4.60. The van der Waals surface area contributed by atoms with Gasteiger partial charge in [0.25, 0.3) is 0 Å². The molecule has 0 bridgehead atoms. The van der Waals surface area contributed by atoms with Gasteiger partial charge in [0.05, 0.1) is 19.6 Å². The average Bonchev–Trinajstić information content (AvgIpc) is 2.71. The summed E-state index contributed by atoms with van der Waals surface area (Å²) < 4.78 is 14.3. The monoisotopic (exact) mass is 330 g/mol. The molecular formula is C20H32NOSi+. The van der Waals surface area contributed by atoms with E-state index in [1.54, 1.807) is 0 Å². The number of hydrogen-bond donors (Lipinski definition) is 0. The standard InChI is InChI=1S/C20H32NOSi/c1-19(2,3)14-16-13-15-11-9-10-12-17(15)18(16)23(22)21(7,8)20(4,5)6/h9-13,18H,14H2,1-8H3/q+1. The minimum absolute atomic E-state index is 0.0412. The third-order valence-electron chi connectivity index (χ3n) is 5.23. The van der Waals surface area contributed by atoms with Crippen molar-refractivity contribution in [2.75, 3.05) is 14.1 Å². The van der Waals surface area contributed by atoms with Gasteiger partial charge in [0, 0.05) is 0 Å². The number of rotatable bonds is 3. The summed E-state index contributed by atoms with van der Waals surface area (Å²) in [6.07, 6.45) is 3.28. The van der Waals surface area contributed by atoms with Gasteiger partial charge in [-0.25, -0.2) is 0 Å². The Morgan fingerprint density at radius 2 is 1.61 bits per heavy atom. The summed E-state index contributed by atoms with van der Waals surface area (Å²) in [5.74, 6) is 0. The molecule has 3 heteroatoms. The van der Waals surface area contributed by atoms with E-state index in [9.17, 15) is 4.46 Å². The van der Waals surface area contributed by atoms with Crippen LogP contribution in [0.3, 0.4) is 0 Å². The van der Waals surface area contributed by atoms with Gasteiger partial charge in [-0.1, -0.05) is 56.7 Å². The van der Waals surface area contributed by atoms with Gasteiger partial charge in [-0.05, 0) is 43.7 Å². The summed E-state index contributed by atoms with van der Waals surface area (Å²) in [7, 11) is 2.33. The number of hydrogen-bond acceptors (Lipinski definition) is 1. The number of benzene rings is 1. The fraction of sp³-hybridized carbons (Fsp3) is 0.600. The van der Waals surface area contributed by atoms with E-state index < -0.39 is 8.84 Å². The van der Waals surface area contributed by atoms with E-state index in [4.69, 9.17) is 0 Å². The lowest BCUT2D eigenvalue weighted by Crippen LogP contribution is -2.61. The SMILES string of the molecule is CC(C)(C)CC1=Cc2ccccc2C1[Si](=O)[N+](C)(C)C(C)(C)C. The Hall–Kier alpha value is -1.06. The molecule has 0 heterocycles. The smallest absolute Gasteiger partial charge is 0.328 e. The van der Waals surface area contributed by atoms with E-state index in [2.05, 4.69) is 86.0 Å². The summed E-state index contributed by atoms with van der Waals surface area (Å²) in [5, 5.41) is 0. The van der Waals surface area contributed by atoms with Gasteiger partial charge in [0.2, 0.25) is 0 Å². The van der Waals surface area contributed by atoms with Gasteiger partial charge < -0.3 is 8.61 Å². The molecule has 0 amide bonds. The molecule has 2 rings (SSSR count). The Morgan fingerprint density at radius 1 is 1.04 bits per heavy atom. The highest BCUT2D eigenvalue weighted by atomic mass is 28.3. The molecule has 1 unspecified atom stereocenters. The molecule has 0 fully saturated rings. The molecule has 1 aromatic rings. The molecule has 126 valence electrons. The second-order valence-corrected chi connectivity index (χ2v) is 11.9. The second-order valence-electron chi connectivity index (χ2n) is 9.48. The van der Waals surface area contributed by atoms with Crippen LogP contribution in [0, 0.1) is 5.41 Å². The van der Waals surface area contributed by atoms with Gasteiger partial charge in [-0.15, -0.1) is 0 Å². The van der Waals surface area contributed by atoms with Crippen LogP contribution in [0.1, 0.15) is 64.6 Å². The predicted octanol–water partition coefficient (Wildman–Crippen LogP) is 4.94. The lowest BCUT2D eigenvalue weighted by atomic mass is 9.87. The highest BCUT2D eigenvalue weighted by molar-refractivity contribution is 6.38. The zero-order chi connectivity index (χ0) is 17.6. The molecule has 0 saturated carbocycles. The molecule has 0 saturated heterocycles. The highest BCUT2D eigenvalue weighted by Gasteiger charge is 2.49. The molecule has 1 aliphatic carbocycles. The van der Waals surface area contributed by atoms with Gasteiger partial charge in [-0.2, -0.15) is 0 Å². The normalized spacial score (nSPS) is 18.6. The molecule has 1 atom stereocenters. The molecule has 0 aromatic heterocycles. The van der Waals surface area contributed by atoms with Gasteiger partial charge >= 0.3 is 8.84 Å². The zero-order valence-electron chi connectivity index (χ0n) is 16.0. The summed E-state index contributed by atoms with van der Waals surface area (Å²) in [6.45, 7) is 13.3. The number of nitrogens with zero attached hydrogens (tertiary/aromatic N) is 1. The lowest BCUT2D eigenvalue weighted by Gasteiger charge is -2.42. The van der Waals surface area contributed by atoms with Crippen LogP contribution in [0.25, 0.3) is 6.08 Å². The Labute approximate surface area is 143 Å². The Morgan fingerprint density at radius 3 is 2.13 bits per heavy atom. The molecule has 1 aliphatic rings. The van der Waals surface area contributed by atoms with Crippen LogP contribution in [0.4, 0.5) is 0 Å². The van der Waals surface area contributed by atoms with Crippen LogP contribution >= 0.6 is 0 Å². The van der Waals surface area contributed by atoms with Crippen LogP contribution in [-0.4, -0.2) is 32.6 Å². The fourth-order valence-electron chi connectivity index (χ4n) is 3.10. The van der Waals surface area contributed by atoms with E-state index in [0.717, 1.165) is 6.42 Å². The van der Waals surface area contributed by atoms with Crippen molar-refractivity contribution >= 4 is 14.9 Å². The first-order chi connectivity index (χ1) is 10.3. The molecular weight excluding hydrogens is 298 g/mol. The van der Waals surface area contributed by atoms with E-state index >= 15 is 0 Å². The first-order valence-electron chi connectivity index (χ1n) is 8.52. The number of quaternary nitrogens is 1. The minimum Gasteiger partial charge on any atom is -0.328 e. The molecule has 0 radical (unpaired) electrons. The van der Waals surface area contributed by atoms with Crippen molar-refractivity contribution in [2.45, 2.75) is 59.0 Å². The van der Waals surface area contributed by atoms with Crippen molar-refractivity contribution in [3.63, 3.8) is 0 Å². The zero-order valence-corrected chi connectivity index (χ0v) is 17.0. The quantitative estimate of drug-likeness (QED) is 0.718. The molecule has 0 aliphatic heterocycles. The third kappa shape index (κ3) is 3.56. The third-order valence-corrected chi connectivity index (χ3v) is 8.18. The molecule has 23 heavy (non-hydrogen) atoms. The van der Waals surface area contributed by atoms with Crippen molar-refractivity contribution < 1.29 is 8.61 Å². The lowest BCUT2D eigenvalue weighted by molar-refractivity contribution is -0.838. The van der Waals surface area contributed by atoms with Crippen LogP contribution in [-0.2, 0) is 4.46 Å². The van der Waals surface area contributed by atoms with Gasteiger partial charge in [0.1, 0.15) is 5.54 Å². The first-order valence-corrected chi connectivity index (χ1v) is 9.96. The van der Waals surface area contributed by atoms with Crippen molar-refractivity contribution in [3.8, 4) is 0 Å². The largest absolute Gasteiger partial charge is 0.565 e. The van der Waals surface area contributed by atoms with E-state index in [0.29, 0.717) is 4.15 Å². The molecule has 2 nitrogen and oxygen atoms in total. The summed E-state index contributed by atoms with van der Waals surface area (Å²) in [4.78, 5) is 0. The Balaban J connectivity index is 2.49. The van der Waals surface area contributed by atoms with Crippen molar-refractivity contribution in [2.24, 2.45) is 5.41 Å². The summed E-state index contributed by atoms with van der Waals surface area (Å²) in [5.41, 5.74) is 4.09. The first kappa shape index (κ1) is 18.3. The van der Waals surface area contributed by atoms with Crippen molar-refractivity contribution in [3.05, 3.63) is 41.0 Å². The predicted molar refractivity (Wildman–Crippen MR) is 99.5 cm³/mol. The summed E-state index contributed by atoms with van der Waals surface area (Å²) in [6, 6.07) is 8.47. The van der Waals surface area contributed by atoms with E-state index in [-0.39, 0.29) is 16.5 Å². The second kappa shape index (κ2) is 5.78. The van der Waals surface area contributed by atoms with Gasteiger partial charge in [-0.3, -0.25) is 0 Å². The van der Waals surface area contributed by atoms with E-state index in [1.807, 2.05) is 0 Å². The molecule has 1 aromatic carbocycles. The topological polar surface area (TPSA) is 17.1 Å². The maximum absolute atomic E-state index is 13.7. The van der Waals surface area contributed by atoms with Crippen LogP contribution in [0.2, 0.25) is 0 Å². The number of allylic oxidation sites excluding steroid dienone is 1. The van der Waals surface area contributed by atoms with Crippen LogP contribution < -0.4 is 0 Å². The average molecular weight is 331 g/mol. The van der Waals surface area contributed by atoms with E-state index in [1.165, 1.54) is 16.7 Å². The van der Waals surface area contributed by atoms with Crippen molar-refractivity contribution in [1.82, 2.24) is 0 Å².